The lowest BCUT2D eigenvalue weighted by Gasteiger charge is -1.95. The molecule has 2 heteroatoms. The Hall–Kier alpha value is -1.83. The molecule has 0 bridgehead atoms. The molecule has 0 N–H and O–H groups in total. The standard InChI is InChI=1S/C11H7NO/c1-3-12-6-8-5-9-7-13-4-2-11(9)10(1)8/h1-7H. The molecule has 62 valence electrons. The van der Waals surface area contributed by atoms with E-state index in [4.69, 9.17) is 4.42 Å². The summed E-state index contributed by atoms with van der Waals surface area (Å²) < 4.78 is 5.10. The van der Waals surface area contributed by atoms with Gasteiger partial charge in [0.15, 0.2) is 0 Å². The predicted octanol–water partition coefficient (Wildman–Crippen LogP) is 2.93. The molecule has 1 aliphatic carbocycles. The van der Waals surface area contributed by atoms with E-state index in [9.17, 15) is 0 Å². The Labute approximate surface area is 75.2 Å². The van der Waals surface area contributed by atoms with Crippen molar-refractivity contribution in [2.45, 2.75) is 0 Å². The van der Waals surface area contributed by atoms with Crippen molar-refractivity contribution in [3.8, 4) is 11.1 Å². The number of hydrogen-bond donors (Lipinski definition) is 0. The Bertz CT molecular complexity index is 527. The molecule has 0 unspecified atom stereocenters. The Kier molecular flexibility index (Phi) is 1.19. The minimum atomic E-state index is 1.13. The molecule has 2 heterocycles. The fraction of sp³-hybridized carbons (Fsp3) is 0. The van der Waals surface area contributed by atoms with Crippen LogP contribution in [0.25, 0.3) is 21.9 Å². The molecule has 13 heavy (non-hydrogen) atoms. The van der Waals surface area contributed by atoms with Crippen molar-refractivity contribution in [2.75, 3.05) is 0 Å². The second-order valence-electron chi connectivity index (χ2n) is 3.03. The topological polar surface area (TPSA) is 26.0 Å². The van der Waals surface area contributed by atoms with Gasteiger partial charge in [0.1, 0.15) is 0 Å². The van der Waals surface area contributed by atoms with Crippen LogP contribution in [0.15, 0.2) is 47.5 Å². The van der Waals surface area contributed by atoms with E-state index in [0.717, 1.165) is 5.56 Å². The molecule has 0 atom stereocenters. The van der Waals surface area contributed by atoms with Crippen molar-refractivity contribution in [3.05, 3.63) is 43.1 Å². The average Bonchev–Trinajstić information content (AvgIpc) is 2.56. The van der Waals surface area contributed by atoms with Crippen LogP contribution in [0.2, 0.25) is 0 Å². The zero-order valence-corrected chi connectivity index (χ0v) is 6.90. The van der Waals surface area contributed by atoms with Gasteiger partial charge < -0.3 is 4.42 Å². The number of fused-ring (bicyclic) bond motifs is 3. The predicted molar refractivity (Wildman–Crippen MR) is 50.6 cm³/mol. The first kappa shape index (κ1) is 6.66. The van der Waals surface area contributed by atoms with E-state index in [2.05, 4.69) is 11.1 Å². The quantitative estimate of drug-likeness (QED) is 0.517. The molecular weight excluding hydrogens is 162 g/mol. The summed E-state index contributed by atoms with van der Waals surface area (Å²) in [7, 11) is 0. The van der Waals surface area contributed by atoms with Crippen LogP contribution >= 0.6 is 0 Å². The normalized spacial score (nSPS) is 11.1. The molecule has 1 aromatic rings. The van der Waals surface area contributed by atoms with Crippen molar-refractivity contribution in [2.24, 2.45) is 0 Å². The third-order valence-corrected chi connectivity index (χ3v) is 2.27. The van der Waals surface area contributed by atoms with Gasteiger partial charge in [0.25, 0.3) is 0 Å². The van der Waals surface area contributed by atoms with E-state index in [0.29, 0.717) is 0 Å². The highest BCUT2D eigenvalue weighted by molar-refractivity contribution is 6.01. The van der Waals surface area contributed by atoms with E-state index in [1.165, 1.54) is 16.3 Å². The third-order valence-electron chi connectivity index (χ3n) is 2.27. The number of rotatable bonds is 0. The largest absolute Gasteiger partial charge is 0.472 e. The van der Waals surface area contributed by atoms with Crippen molar-refractivity contribution in [3.63, 3.8) is 0 Å². The van der Waals surface area contributed by atoms with Crippen LogP contribution in [0.4, 0.5) is 0 Å². The lowest BCUT2D eigenvalue weighted by atomic mass is 10.1. The summed E-state index contributed by atoms with van der Waals surface area (Å²) in [6.45, 7) is 0. The van der Waals surface area contributed by atoms with Crippen LogP contribution in [0.1, 0.15) is 0 Å². The molecule has 0 saturated heterocycles. The van der Waals surface area contributed by atoms with Gasteiger partial charge in [-0.3, -0.25) is 4.98 Å². The van der Waals surface area contributed by atoms with Crippen LogP contribution in [-0.4, -0.2) is 4.98 Å². The smallest absolute Gasteiger partial charge is 0.0980 e. The van der Waals surface area contributed by atoms with Gasteiger partial charge in [-0.15, -0.1) is 0 Å². The van der Waals surface area contributed by atoms with Gasteiger partial charge in [0.2, 0.25) is 0 Å². The number of nitrogens with zero attached hydrogens (tertiary/aromatic N) is 1. The van der Waals surface area contributed by atoms with Crippen LogP contribution in [0.5, 0.6) is 0 Å². The van der Waals surface area contributed by atoms with Gasteiger partial charge in [0, 0.05) is 23.3 Å². The minimum Gasteiger partial charge on any atom is -0.472 e. The molecular formula is C11H7NO. The fourth-order valence-corrected chi connectivity index (χ4v) is 1.67. The fourth-order valence-electron chi connectivity index (χ4n) is 1.67. The summed E-state index contributed by atoms with van der Waals surface area (Å²) in [4.78, 5) is 4.08. The first-order valence-corrected chi connectivity index (χ1v) is 4.14. The molecule has 0 radical (unpaired) electrons. The van der Waals surface area contributed by atoms with Crippen LogP contribution in [0.3, 0.4) is 0 Å². The summed E-state index contributed by atoms with van der Waals surface area (Å²) in [6, 6.07) is 6.09. The molecule has 0 saturated carbocycles. The highest BCUT2D eigenvalue weighted by atomic mass is 16.3. The number of pyridine rings is 1. The van der Waals surface area contributed by atoms with E-state index < -0.39 is 0 Å². The SMILES string of the molecule is c1cc2c3ccocc-3cc2cn1. The zero-order chi connectivity index (χ0) is 8.67. The van der Waals surface area contributed by atoms with Gasteiger partial charge in [-0.1, -0.05) is 0 Å². The van der Waals surface area contributed by atoms with Gasteiger partial charge in [-0.25, -0.2) is 0 Å². The molecule has 1 aromatic heterocycles. The Morgan fingerprint density at radius 3 is 3.23 bits per heavy atom. The maximum Gasteiger partial charge on any atom is 0.0980 e. The van der Waals surface area contributed by atoms with E-state index in [1.54, 1.807) is 12.5 Å². The molecule has 0 fully saturated rings. The summed E-state index contributed by atoms with van der Waals surface area (Å²) >= 11 is 0. The Balaban J connectivity index is 2.56. The third kappa shape index (κ3) is 0.855. The lowest BCUT2D eigenvalue weighted by Crippen LogP contribution is -1.71. The first-order chi connectivity index (χ1) is 6.45. The maximum absolute atomic E-state index is 5.10. The van der Waals surface area contributed by atoms with Gasteiger partial charge in [0.05, 0.1) is 12.5 Å². The first-order valence-electron chi connectivity index (χ1n) is 4.14. The van der Waals surface area contributed by atoms with E-state index in [1.807, 2.05) is 24.5 Å². The highest BCUT2D eigenvalue weighted by Gasteiger charge is 2.08. The number of hydrogen-bond acceptors (Lipinski definition) is 2. The molecule has 0 spiro atoms. The van der Waals surface area contributed by atoms with Crippen LogP contribution in [-0.2, 0) is 0 Å². The van der Waals surface area contributed by atoms with E-state index >= 15 is 0 Å². The Morgan fingerprint density at radius 1 is 1.23 bits per heavy atom. The molecule has 2 aliphatic rings. The minimum absolute atomic E-state index is 1.13. The maximum atomic E-state index is 5.10. The highest BCUT2D eigenvalue weighted by Crippen LogP contribution is 2.32. The average molecular weight is 169 g/mol. The van der Waals surface area contributed by atoms with Crippen molar-refractivity contribution < 1.29 is 4.42 Å². The summed E-state index contributed by atoms with van der Waals surface area (Å²) in [5.41, 5.74) is 2.36. The zero-order valence-electron chi connectivity index (χ0n) is 6.90. The summed E-state index contributed by atoms with van der Waals surface area (Å²) in [5, 5.41) is 2.40. The van der Waals surface area contributed by atoms with Crippen LogP contribution < -0.4 is 0 Å². The van der Waals surface area contributed by atoms with E-state index in [-0.39, 0.29) is 0 Å². The van der Waals surface area contributed by atoms with Gasteiger partial charge in [-0.05, 0) is 29.1 Å². The van der Waals surface area contributed by atoms with Crippen molar-refractivity contribution in [1.82, 2.24) is 4.98 Å². The monoisotopic (exact) mass is 169 g/mol. The summed E-state index contributed by atoms with van der Waals surface area (Å²) in [6.07, 6.45) is 7.14. The number of aromatic nitrogens is 1. The van der Waals surface area contributed by atoms with Crippen molar-refractivity contribution >= 4 is 10.8 Å². The molecule has 3 rings (SSSR count). The molecule has 0 amide bonds. The molecule has 1 aliphatic heterocycles. The van der Waals surface area contributed by atoms with Gasteiger partial charge >= 0.3 is 0 Å². The van der Waals surface area contributed by atoms with Crippen molar-refractivity contribution in [1.29, 1.82) is 0 Å². The van der Waals surface area contributed by atoms with Crippen LogP contribution in [0, 0.1) is 0 Å². The molecule has 0 aromatic carbocycles. The lowest BCUT2D eigenvalue weighted by molar-refractivity contribution is 0.552. The molecule has 2 nitrogen and oxygen atoms in total. The summed E-state index contributed by atoms with van der Waals surface area (Å²) in [5.74, 6) is 0. The second-order valence-corrected chi connectivity index (χ2v) is 3.03. The van der Waals surface area contributed by atoms with Gasteiger partial charge in [-0.2, -0.15) is 0 Å². The Morgan fingerprint density at radius 2 is 2.23 bits per heavy atom. The second kappa shape index (κ2) is 2.33.